The zero-order valence-electron chi connectivity index (χ0n) is 9.50. The Morgan fingerprint density at radius 3 is 2.80 bits per heavy atom. The summed E-state index contributed by atoms with van der Waals surface area (Å²) in [6, 6.07) is 0. The predicted octanol–water partition coefficient (Wildman–Crippen LogP) is 1.22. The van der Waals surface area contributed by atoms with Crippen molar-refractivity contribution in [2.45, 2.75) is 39.2 Å². The molecule has 1 N–H and O–H groups in total. The summed E-state index contributed by atoms with van der Waals surface area (Å²) in [6.07, 6.45) is 1.81. The summed E-state index contributed by atoms with van der Waals surface area (Å²) >= 11 is 0. The smallest absolute Gasteiger partial charge is 0.210 e. The number of nitrogens with zero attached hydrogens (tertiary/aromatic N) is 2. The first-order valence-corrected chi connectivity index (χ1v) is 5.28. The minimum Gasteiger partial charge on any atom is -0.340 e. The third-order valence-electron chi connectivity index (χ3n) is 2.82. The van der Waals surface area contributed by atoms with Crippen molar-refractivity contribution in [1.82, 2.24) is 15.1 Å². The third kappa shape index (κ3) is 1.76. The molecular weight excluding hydrogens is 190 g/mol. The van der Waals surface area contributed by atoms with E-state index in [1.54, 1.807) is 4.90 Å². The van der Waals surface area contributed by atoms with Gasteiger partial charge in [-0.25, -0.2) is 0 Å². The number of rotatable bonds is 1. The van der Waals surface area contributed by atoms with Crippen LogP contribution in [0.5, 0.6) is 0 Å². The lowest BCUT2D eigenvalue weighted by atomic mass is 9.87. The molecule has 0 aromatic carbocycles. The van der Waals surface area contributed by atoms with E-state index in [1.807, 2.05) is 0 Å². The van der Waals surface area contributed by atoms with Crippen LogP contribution in [0.3, 0.4) is 0 Å². The Balaban J connectivity index is 2.37. The Kier molecular flexibility index (Phi) is 2.29. The van der Waals surface area contributed by atoms with Crippen LogP contribution in [0.2, 0.25) is 0 Å². The SMILES string of the molecule is CC(C)(C)c1n[nH]c2c1CN(C=O)CC2. The summed E-state index contributed by atoms with van der Waals surface area (Å²) < 4.78 is 0. The van der Waals surface area contributed by atoms with Crippen molar-refractivity contribution < 1.29 is 4.79 Å². The molecule has 1 aromatic heterocycles. The molecule has 1 aliphatic heterocycles. The molecule has 0 fully saturated rings. The molecule has 1 aliphatic rings. The standard InChI is InChI=1S/C11H17N3O/c1-11(2,3)10-8-6-14(7-15)5-4-9(8)12-13-10/h7H,4-6H2,1-3H3,(H,12,13). The first-order chi connectivity index (χ1) is 7.02. The van der Waals surface area contributed by atoms with Gasteiger partial charge in [-0.05, 0) is 0 Å². The van der Waals surface area contributed by atoms with Crippen LogP contribution >= 0.6 is 0 Å². The van der Waals surface area contributed by atoms with Crippen molar-refractivity contribution >= 4 is 6.41 Å². The van der Waals surface area contributed by atoms with Gasteiger partial charge in [0.25, 0.3) is 0 Å². The molecular formula is C11H17N3O. The van der Waals surface area contributed by atoms with Gasteiger partial charge in [0.1, 0.15) is 0 Å². The lowest BCUT2D eigenvalue weighted by Crippen LogP contribution is -2.30. The van der Waals surface area contributed by atoms with Crippen molar-refractivity contribution in [2.24, 2.45) is 0 Å². The van der Waals surface area contributed by atoms with E-state index >= 15 is 0 Å². The van der Waals surface area contributed by atoms with E-state index in [0.29, 0.717) is 6.54 Å². The van der Waals surface area contributed by atoms with Gasteiger partial charge in [0.2, 0.25) is 6.41 Å². The second-order valence-electron chi connectivity index (χ2n) is 5.11. The van der Waals surface area contributed by atoms with Crippen molar-refractivity contribution in [1.29, 1.82) is 0 Å². The molecule has 2 rings (SSSR count). The number of hydrogen-bond acceptors (Lipinski definition) is 2. The Morgan fingerprint density at radius 2 is 2.20 bits per heavy atom. The molecule has 0 bridgehead atoms. The Hall–Kier alpha value is -1.32. The van der Waals surface area contributed by atoms with Crippen LogP contribution in [-0.4, -0.2) is 28.1 Å². The van der Waals surface area contributed by atoms with Crippen LogP contribution < -0.4 is 0 Å². The molecule has 0 unspecified atom stereocenters. The van der Waals surface area contributed by atoms with Crippen LogP contribution in [-0.2, 0) is 23.2 Å². The molecule has 0 spiro atoms. The number of carbonyl (C=O) groups is 1. The van der Waals surface area contributed by atoms with Crippen molar-refractivity contribution in [3.63, 3.8) is 0 Å². The quantitative estimate of drug-likeness (QED) is 0.704. The average Bonchev–Trinajstić information content (AvgIpc) is 2.59. The maximum Gasteiger partial charge on any atom is 0.210 e. The monoisotopic (exact) mass is 207 g/mol. The third-order valence-corrected chi connectivity index (χ3v) is 2.82. The molecule has 1 aromatic rings. The number of carbonyl (C=O) groups excluding carboxylic acids is 1. The highest BCUT2D eigenvalue weighted by molar-refractivity contribution is 5.49. The summed E-state index contributed by atoms with van der Waals surface area (Å²) in [5.41, 5.74) is 3.53. The summed E-state index contributed by atoms with van der Waals surface area (Å²) in [6.45, 7) is 7.92. The Bertz CT molecular complexity index is 376. The summed E-state index contributed by atoms with van der Waals surface area (Å²) in [7, 11) is 0. The van der Waals surface area contributed by atoms with Gasteiger partial charge in [-0.2, -0.15) is 5.10 Å². The zero-order chi connectivity index (χ0) is 11.1. The molecule has 4 heteroatoms. The molecule has 0 saturated carbocycles. The lowest BCUT2D eigenvalue weighted by molar-refractivity contribution is -0.118. The zero-order valence-corrected chi connectivity index (χ0v) is 9.50. The highest BCUT2D eigenvalue weighted by atomic mass is 16.1. The number of H-pyrrole nitrogens is 1. The van der Waals surface area contributed by atoms with E-state index in [9.17, 15) is 4.79 Å². The van der Waals surface area contributed by atoms with E-state index in [4.69, 9.17) is 0 Å². The van der Waals surface area contributed by atoms with Gasteiger partial charge in [0.05, 0.1) is 5.69 Å². The van der Waals surface area contributed by atoms with Gasteiger partial charge < -0.3 is 4.90 Å². The summed E-state index contributed by atoms with van der Waals surface area (Å²) in [5, 5.41) is 7.46. The van der Waals surface area contributed by atoms with E-state index in [0.717, 1.165) is 25.1 Å². The predicted molar refractivity (Wildman–Crippen MR) is 57.5 cm³/mol. The van der Waals surface area contributed by atoms with Gasteiger partial charge in [-0.1, -0.05) is 20.8 Å². The maximum absolute atomic E-state index is 10.7. The minimum atomic E-state index is 0.0377. The molecule has 1 amide bonds. The topological polar surface area (TPSA) is 49.0 Å². The van der Waals surface area contributed by atoms with Gasteiger partial charge in [-0.3, -0.25) is 9.89 Å². The van der Waals surface area contributed by atoms with Crippen LogP contribution in [0.4, 0.5) is 0 Å². The number of fused-ring (bicyclic) bond motifs is 1. The summed E-state index contributed by atoms with van der Waals surface area (Å²) in [4.78, 5) is 12.5. The van der Waals surface area contributed by atoms with Crippen molar-refractivity contribution in [3.05, 3.63) is 17.0 Å². The highest BCUT2D eigenvalue weighted by Crippen LogP contribution is 2.28. The fraction of sp³-hybridized carbons (Fsp3) is 0.636. The van der Waals surface area contributed by atoms with Crippen LogP contribution in [0.1, 0.15) is 37.7 Å². The van der Waals surface area contributed by atoms with E-state index in [-0.39, 0.29) is 5.41 Å². The molecule has 4 nitrogen and oxygen atoms in total. The fourth-order valence-corrected chi connectivity index (χ4v) is 2.03. The van der Waals surface area contributed by atoms with Gasteiger partial charge in [0, 0.05) is 36.2 Å². The molecule has 15 heavy (non-hydrogen) atoms. The van der Waals surface area contributed by atoms with Gasteiger partial charge in [0.15, 0.2) is 0 Å². The van der Waals surface area contributed by atoms with Crippen LogP contribution in [0.25, 0.3) is 0 Å². The van der Waals surface area contributed by atoms with Crippen LogP contribution in [0, 0.1) is 0 Å². The summed E-state index contributed by atoms with van der Waals surface area (Å²) in [5.74, 6) is 0. The van der Waals surface area contributed by atoms with Gasteiger partial charge in [-0.15, -0.1) is 0 Å². The van der Waals surface area contributed by atoms with Crippen LogP contribution in [0.15, 0.2) is 0 Å². The van der Waals surface area contributed by atoms with E-state index in [1.165, 1.54) is 11.3 Å². The van der Waals surface area contributed by atoms with Crippen molar-refractivity contribution in [3.8, 4) is 0 Å². The van der Waals surface area contributed by atoms with Crippen molar-refractivity contribution in [2.75, 3.05) is 6.54 Å². The molecule has 0 aliphatic carbocycles. The Morgan fingerprint density at radius 1 is 1.47 bits per heavy atom. The number of hydrogen-bond donors (Lipinski definition) is 1. The number of aromatic nitrogens is 2. The maximum atomic E-state index is 10.7. The molecule has 82 valence electrons. The molecule has 0 atom stereocenters. The number of amides is 1. The largest absolute Gasteiger partial charge is 0.340 e. The van der Waals surface area contributed by atoms with E-state index < -0.39 is 0 Å². The van der Waals surface area contributed by atoms with E-state index in [2.05, 4.69) is 31.0 Å². The second-order valence-corrected chi connectivity index (χ2v) is 5.11. The normalized spacial score (nSPS) is 16.3. The second kappa shape index (κ2) is 3.36. The number of nitrogens with one attached hydrogen (secondary N) is 1. The fourth-order valence-electron chi connectivity index (χ4n) is 2.03. The minimum absolute atomic E-state index is 0.0377. The first kappa shape index (κ1) is 10.2. The first-order valence-electron chi connectivity index (χ1n) is 5.28. The molecule has 0 saturated heterocycles. The lowest BCUT2D eigenvalue weighted by Gasteiger charge is -2.25. The highest BCUT2D eigenvalue weighted by Gasteiger charge is 2.27. The molecule has 0 radical (unpaired) electrons. The molecule has 2 heterocycles. The average molecular weight is 207 g/mol. The van der Waals surface area contributed by atoms with Gasteiger partial charge >= 0.3 is 0 Å². The number of aromatic amines is 1. The Labute approximate surface area is 89.7 Å².